The van der Waals surface area contributed by atoms with E-state index in [0.717, 1.165) is 21.9 Å². The van der Waals surface area contributed by atoms with Gasteiger partial charge in [-0.2, -0.15) is 0 Å². The Bertz CT molecular complexity index is 1500. The van der Waals surface area contributed by atoms with E-state index in [9.17, 15) is 18.0 Å². The van der Waals surface area contributed by atoms with Crippen LogP contribution in [0.2, 0.25) is 10.0 Å². The van der Waals surface area contributed by atoms with Gasteiger partial charge in [-0.3, -0.25) is 13.9 Å². The van der Waals surface area contributed by atoms with Crippen molar-refractivity contribution in [1.29, 1.82) is 0 Å². The molecule has 1 atom stereocenters. The molecule has 0 saturated heterocycles. The van der Waals surface area contributed by atoms with Crippen LogP contribution < -0.4 is 14.4 Å². The Kier molecular flexibility index (Phi) is 11.1. The van der Waals surface area contributed by atoms with E-state index < -0.39 is 28.5 Å². The Labute approximate surface area is 252 Å². The standard InChI is InChI=1S/C30H35Cl2N3O5S/c1-6-15-33-30(37)22(4)34(18-23-10-13-25(31)26(32)17-23)29(36)19-35(27-16-21(3)9-14-28(27)40-5)41(38,39)24-11-7-20(2)8-12-24/h7-14,16-17,22H,6,15,18-19H2,1-5H3,(H,33,37)/t22-/m0/s1. The Morgan fingerprint density at radius 2 is 1.61 bits per heavy atom. The monoisotopic (exact) mass is 619 g/mol. The van der Waals surface area contributed by atoms with Crippen LogP contribution in [0.15, 0.2) is 65.6 Å². The number of nitrogens with one attached hydrogen (secondary N) is 1. The molecule has 0 saturated carbocycles. The van der Waals surface area contributed by atoms with Gasteiger partial charge in [0.15, 0.2) is 0 Å². The molecule has 0 aliphatic heterocycles. The second kappa shape index (κ2) is 14.1. The second-order valence-electron chi connectivity index (χ2n) is 9.74. The maximum atomic E-state index is 14.1. The number of rotatable bonds is 12. The molecular weight excluding hydrogens is 585 g/mol. The highest BCUT2D eigenvalue weighted by atomic mass is 35.5. The van der Waals surface area contributed by atoms with E-state index in [2.05, 4.69) is 5.32 Å². The molecule has 0 aliphatic carbocycles. The van der Waals surface area contributed by atoms with E-state index in [1.807, 2.05) is 20.8 Å². The molecule has 1 N–H and O–H groups in total. The Morgan fingerprint density at radius 3 is 2.22 bits per heavy atom. The van der Waals surface area contributed by atoms with Crippen molar-refractivity contribution in [3.63, 3.8) is 0 Å². The first-order valence-electron chi connectivity index (χ1n) is 13.1. The lowest BCUT2D eigenvalue weighted by atomic mass is 10.1. The highest BCUT2D eigenvalue weighted by molar-refractivity contribution is 7.92. The average molecular weight is 621 g/mol. The van der Waals surface area contributed by atoms with Crippen molar-refractivity contribution >= 4 is 50.7 Å². The summed E-state index contributed by atoms with van der Waals surface area (Å²) in [5, 5.41) is 3.46. The predicted molar refractivity (Wildman–Crippen MR) is 163 cm³/mol. The van der Waals surface area contributed by atoms with E-state index in [4.69, 9.17) is 27.9 Å². The second-order valence-corrected chi connectivity index (χ2v) is 12.4. The van der Waals surface area contributed by atoms with Crippen molar-refractivity contribution in [1.82, 2.24) is 10.2 Å². The molecule has 0 unspecified atom stereocenters. The van der Waals surface area contributed by atoms with Gasteiger partial charge < -0.3 is 15.0 Å². The first-order chi connectivity index (χ1) is 19.4. The molecule has 3 aromatic carbocycles. The van der Waals surface area contributed by atoms with Crippen molar-refractivity contribution in [2.24, 2.45) is 0 Å². The quantitative estimate of drug-likeness (QED) is 0.278. The van der Waals surface area contributed by atoms with Gasteiger partial charge in [-0.05, 0) is 74.7 Å². The van der Waals surface area contributed by atoms with Crippen LogP contribution in [-0.4, -0.2) is 51.4 Å². The van der Waals surface area contributed by atoms with Gasteiger partial charge in [0.2, 0.25) is 11.8 Å². The number of halogens is 2. The van der Waals surface area contributed by atoms with Crippen LogP contribution in [0.5, 0.6) is 5.75 Å². The molecule has 0 aromatic heterocycles. The molecule has 0 heterocycles. The zero-order chi connectivity index (χ0) is 30.3. The van der Waals surface area contributed by atoms with Crippen LogP contribution in [0, 0.1) is 13.8 Å². The molecule has 8 nitrogen and oxygen atoms in total. The number of nitrogens with zero attached hydrogens (tertiary/aromatic N) is 2. The number of carbonyl (C=O) groups is 2. The lowest BCUT2D eigenvalue weighted by Gasteiger charge is -2.32. The summed E-state index contributed by atoms with van der Waals surface area (Å²) in [6, 6.07) is 15.5. The normalized spacial score (nSPS) is 12.0. The van der Waals surface area contributed by atoms with E-state index in [-0.39, 0.29) is 28.8 Å². The van der Waals surface area contributed by atoms with E-state index in [1.54, 1.807) is 55.5 Å². The number of carbonyl (C=O) groups excluding carboxylic acids is 2. The molecule has 0 spiro atoms. The molecule has 0 aliphatic rings. The fourth-order valence-electron chi connectivity index (χ4n) is 4.16. The largest absolute Gasteiger partial charge is 0.495 e. The third-order valence-corrected chi connectivity index (χ3v) is 9.06. The highest BCUT2D eigenvalue weighted by Crippen LogP contribution is 2.34. The van der Waals surface area contributed by atoms with Crippen molar-refractivity contribution in [2.75, 3.05) is 24.5 Å². The molecule has 0 bridgehead atoms. The van der Waals surface area contributed by atoms with Gasteiger partial charge in [-0.1, -0.05) is 60.0 Å². The minimum atomic E-state index is -4.23. The van der Waals surface area contributed by atoms with Gasteiger partial charge >= 0.3 is 0 Å². The van der Waals surface area contributed by atoms with Crippen LogP contribution in [0.4, 0.5) is 5.69 Å². The zero-order valence-electron chi connectivity index (χ0n) is 23.8. The van der Waals surface area contributed by atoms with Crippen LogP contribution in [0.1, 0.15) is 37.0 Å². The third kappa shape index (κ3) is 7.93. The Hall–Kier alpha value is -3.27. The first kappa shape index (κ1) is 32.2. The Balaban J connectivity index is 2.10. The molecule has 0 fully saturated rings. The average Bonchev–Trinajstić information content (AvgIpc) is 2.94. The van der Waals surface area contributed by atoms with Crippen molar-refractivity contribution in [3.8, 4) is 5.75 Å². The minimum absolute atomic E-state index is 0.000193. The number of methoxy groups -OCH3 is 1. The number of benzene rings is 3. The summed E-state index contributed by atoms with van der Waals surface area (Å²) in [5.41, 5.74) is 2.50. The predicted octanol–water partition coefficient (Wildman–Crippen LogP) is 5.76. The zero-order valence-corrected chi connectivity index (χ0v) is 26.1. The molecule has 2 amide bonds. The van der Waals surface area contributed by atoms with Gasteiger partial charge in [0.05, 0.1) is 27.7 Å². The lowest BCUT2D eigenvalue weighted by molar-refractivity contribution is -0.139. The maximum Gasteiger partial charge on any atom is 0.264 e. The van der Waals surface area contributed by atoms with E-state index >= 15 is 0 Å². The number of hydrogen-bond donors (Lipinski definition) is 1. The fraction of sp³-hybridized carbons (Fsp3) is 0.333. The number of sulfonamides is 1. The highest BCUT2D eigenvalue weighted by Gasteiger charge is 2.34. The number of ether oxygens (including phenoxy) is 1. The summed E-state index contributed by atoms with van der Waals surface area (Å²) in [4.78, 5) is 28.4. The van der Waals surface area contributed by atoms with Crippen LogP contribution >= 0.6 is 23.2 Å². The Morgan fingerprint density at radius 1 is 0.951 bits per heavy atom. The fourth-order valence-corrected chi connectivity index (χ4v) is 5.90. The van der Waals surface area contributed by atoms with E-state index in [0.29, 0.717) is 22.2 Å². The van der Waals surface area contributed by atoms with Crippen LogP contribution in [0.3, 0.4) is 0 Å². The van der Waals surface area contributed by atoms with Gasteiger partial charge in [-0.25, -0.2) is 8.42 Å². The molecule has 3 rings (SSSR count). The van der Waals surface area contributed by atoms with Gasteiger partial charge in [0.1, 0.15) is 18.3 Å². The SMILES string of the molecule is CCCNC(=O)[C@H](C)N(Cc1ccc(Cl)c(Cl)c1)C(=O)CN(c1cc(C)ccc1OC)S(=O)(=O)c1ccc(C)cc1. The summed E-state index contributed by atoms with van der Waals surface area (Å²) < 4.78 is 34.6. The van der Waals surface area contributed by atoms with Gasteiger partial charge in [-0.15, -0.1) is 0 Å². The molecule has 41 heavy (non-hydrogen) atoms. The topological polar surface area (TPSA) is 96.0 Å². The van der Waals surface area contributed by atoms with Crippen molar-refractivity contribution in [3.05, 3.63) is 87.4 Å². The van der Waals surface area contributed by atoms with E-state index in [1.165, 1.54) is 24.1 Å². The molecule has 0 radical (unpaired) electrons. The number of hydrogen-bond acceptors (Lipinski definition) is 5. The number of aryl methyl sites for hydroxylation is 2. The smallest absolute Gasteiger partial charge is 0.264 e. The minimum Gasteiger partial charge on any atom is -0.495 e. The van der Waals surface area contributed by atoms with Gasteiger partial charge in [0, 0.05) is 13.1 Å². The van der Waals surface area contributed by atoms with Crippen molar-refractivity contribution in [2.45, 2.75) is 51.6 Å². The third-order valence-electron chi connectivity index (χ3n) is 6.54. The first-order valence-corrected chi connectivity index (χ1v) is 15.3. The summed E-state index contributed by atoms with van der Waals surface area (Å²) in [6.45, 7) is 7.05. The lowest BCUT2D eigenvalue weighted by Crippen LogP contribution is -2.51. The summed E-state index contributed by atoms with van der Waals surface area (Å²) in [5.74, 6) is -0.667. The summed E-state index contributed by atoms with van der Waals surface area (Å²) in [7, 11) is -2.79. The molecule has 220 valence electrons. The molecule has 3 aromatic rings. The maximum absolute atomic E-state index is 14.1. The molecular formula is C30H35Cl2N3O5S. The number of amides is 2. The summed E-state index contributed by atoms with van der Waals surface area (Å²) >= 11 is 12.3. The number of anilines is 1. The van der Waals surface area contributed by atoms with Crippen LogP contribution in [-0.2, 0) is 26.2 Å². The van der Waals surface area contributed by atoms with Crippen molar-refractivity contribution < 1.29 is 22.7 Å². The molecule has 11 heteroatoms. The van der Waals surface area contributed by atoms with Gasteiger partial charge in [0.25, 0.3) is 10.0 Å². The van der Waals surface area contributed by atoms with Crippen LogP contribution in [0.25, 0.3) is 0 Å². The summed E-state index contributed by atoms with van der Waals surface area (Å²) in [6.07, 6.45) is 0.717.